The second-order valence-corrected chi connectivity index (χ2v) is 4.27. The zero-order valence-corrected chi connectivity index (χ0v) is 13.3. The van der Waals surface area contributed by atoms with E-state index >= 15 is 0 Å². The van der Waals surface area contributed by atoms with Crippen LogP contribution in [0.4, 0.5) is 12.9 Å². The van der Waals surface area contributed by atoms with Gasteiger partial charge in [0.25, 0.3) is 0 Å². The minimum Gasteiger partial charge on any atom is -0.445 e. The molecule has 0 aliphatic heterocycles. The Hall–Kier alpha value is 1.02. The van der Waals surface area contributed by atoms with Crippen molar-refractivity contribution in [3.8, 4) is 0 Å². The van der Waals surface area contributed by atoms with Crippen LogP contribution in [0.15, 0.2) is 35.4 Å². The van der Waals surface area contributed by atoms with Gasteiger partial charge >= 0.3 is 58.4 Å². The fourth-order valence-corrected chi connectivity index (χ4v) is 1.63. The first-order chi connectivity index (χ1) is 6.89. The zero-order chi connectivity index (χ0) is 11.5. The van der Waals surface area contributed by atoms with Crippen molar-refractivity contribution in [1.82, 2.24) is 4.98 Å². The smallest absolute Gasteiger partial charge is 0.445 e. The van der Waals surface area contributed by atoms with E-state index in [1.807, 2.05) is 0 Å². The van der Waals surface area contributed by atoms with Crippen LogP contribution in [-0.2, 0) is 0 Å². The zero-order valence-electron chi connectivity index (χ0n) is 8.59. The van der Waals surface area contributed by atoms with Crippen LogP contribution in [0.2, 0.25) is 5.02 Å². The Morgan fingerprint density at radius 1 is 1.44 bits per heavy atom. The van der Waals surface area contributed by atoms with Crippen LogP contribution in [0.1, 0.15) is 0 Å². The Kier molecular flexibility index (Phi) is 7.93. The summed E-state index contributed by atoms with van der Waals surface area (Å²) in [7, 11) is 0. The number of thioether (sulfide) groups is 1. The molecular weight excluding hydrogens is 285 g/mol. The van der Waals surface area contributed by atoms with E-state index in [1.165, 1.54) is 6.20 Å². The standard InChI is InChI=1S/C8H7BClF3NS.K/c1-6(9(11,12)13)5-15-8-3-2-7(10)4-14-8;/h2-4H,1,5H2;/q-1;+1. The summed E-state index contributed by atoms with van der Waals surface area (Å²) < 4.78 is 36.4. The van der Waals surface area contributed by atoms with E-state index < -0.39 is 12.4 Å². The Balaban J connectivity index is 0.00000225. The molecule has 0 aliphatic carbocycles. The molecule has 8 heteroatoms. The van der Waals surface area contributed by atoms with E-state index in [0.717, 1.165) is 11.8 Å². The summed E-state index contributed by atoms with van der Waals surface area (Å²) >= 11 is 6.57. The molecule has 0 aromatic carbocycles. The molecule has 0 N–H and O–H groups in total. The molecular formula is C8H7BClF3KNS. The van der Waals surface area contributed by atoms with Gasteiger partial charge in [-0.15, -0.1) is 23.8 Å². The van der Waals surface area contributed by atoms with E-state index in [2.05, 4.69) is 11.6 Å². The van der Waals surface area contributed by atoms with Gasteiger partial charge in [0.05, 0.1) is 10.0 Å². The number of pyridine rings is 1. The van der Waals surface area contributed by atoms with Gasteiger partial charge in [0, 0.05) is 6.20 Å². The van der Waals surface area contributed by atoms with E-state index in [0.29, 0.717) is 10.0 Å². The van der Waals surface area contributed by atoms with Gasteiger partial charge in [-0.2, -0.15) is 0 Å². The fourth-order valence-electron chi connectivity index (χ4n) is 0.709. The van der Waals surface area contributed by atoms with Crippen molar-refractivity contribution in [1.29, 1.82) is 0 Å². The van der Waals surface area contributed by atoms with Gasteiger partial charge < -0.3 is 12.9 Å². The van der Waals surface area contributed by atoms with E-state index in [1.54, 1.807) is 12.1 Å². The van der Waals surface area contributed by atoms with Crippen LogP contribution in [0.5, 0.6) is 0 Å². The van der Waals surface area contributed by atoms with Gasteiger partial charge in [0.2, 0.25) is 0 Å². The second kappa shape index (κ2) is 7.45. The molecule has 0 aliphatic rings. The topological polar surface area (TPSA) is 12.9 Å². The summed E-state index contributed by atoms with van der Waals surface area (Å²) in [6.07, 6.45) is 1.39. The molecule has 1 heterocycles. The minimum absolute atomic E-state index is 0. The first kappa shape index (κ1) is 17.0. The summed E-state index contributed by atoms with van der Waals surface area (Å²) in [5, 5.41) is 0.957. The summed E-state index contributed by atoms with van der Waals surface area (Å²) in [4.78, 5) is 3.86. The number of halogens is 4. The van der Waals surface area contributed by atoms with Crippen molar-refractivity contribution in [2.75, 3.05) is 5.75 Å². The summed E-state index contributed by atoms with van der Waals surface area (Å²) in [6, 6.07) is 3.15. The van der Waals surface area contributed by atoms with Gasteiger partial charge in [-0.25, -0.2) is 4.98 Å². The number of aromatic nitrogens is 1. The molecule has 0 spiro atoms. The normalized spacial score (nSPS) is 10.8. The first-order valence-electron chi connectivity index (χ1n) is 4.01. The molecule has 0 atom stereocenters. The van der Waals surface area contributed by atoms with E-state index in [-0.39, 0.29) is 57.1 Å². The molecule has 0 amide bonds. The third-order valence-corrected chi connectivity index (χ3v) is 2.84. The number of hydrogen-bond acceptors (Lipinski definition) is 2. The Morgan fingerprint density at radius 2 is 2.06 bits per heavy atom. The van der Waals surface area contributed by atoms with Gasteiger partial charge in [0.1, 0.15) is 0 Å². The van der Waals surface area contributed by atoms with E-state index in [9.17, 15) is 12.9 Å². The fraction of sp³-hybridized carbons (Fsp3) is 0.125. The van der Waals surface area contributed by atoms with Gasteiger partial charge in [-0.1, -0.05) is 11.6 Å². The van der Waals surface area contributed by atoms with Crippen LogP contribution in [-0.4, -0.2) is 17.7 Å². The summed E-state index contributed by atoms with van der Waals surface area (Å²) in [6.45, 7) is -1.96. The summed E-state index contributed by atoms with van der Waals surface area (Å²) in [5.41, 5.74) is -0.711. The maximum atomic E-state index is 12.1. The molecule has 0 fully saturated rings. The molecule has 1 rings (SSSR count). The average molecular weight is 292 g/mol. The van der Waals surface area contributed by atoms with Crippen LogP contribution < -0.4 is 51.4 Å². The van der Waals surface area contributed by atoms with Crippen LogP contribution >= 0.6 is 23.4 Å². The predicted octanol–water partition coefficient (Wildman–Crippen LogP) is 0.774. The Bertz CT molecular complexity index is 357. The van der Waals surface area contributed by atoms with Crippen molar-refractivity contribution < 1.29 is 64.3 Å². The number of nitrogens with zero attached hydrogens (tertiary/aromatic N) is 1. The van der Waals surface area contributed by atoms with Crippen molar-refractivity contribution >= 4 is 30.3 Å². The maximum absolute atomic E-state index is 12.1. The first-order valence-corrected chi connectivity index (χ1v) is 5.38. The molecule has 1 aromatic heterocycles. The molecule has 0 saturated heterocycles. The minimum atomic E-state index is -4.95. The van der Waals surface area contributed by atoms with E-state index in [4.69, 9.17) is 11.6 Å². The third kappa shape index (κ3) is 6.09. The summed E-state index contributed by atoms with van der Waals surface area (Å²) in [5.74, 6) is -0.196. The van der Waals surface area contributed by atoms with Crippen molar-refractivity contribution in [3.05, 3.63) is 35.4 Å². The monoisotopic (exact) mass is 291 g/mol. The Labute approximate surface area is 144 Å². The van der Waals surface area contributed by atoms with Gasteiger partial charge in [0.15, 0.2) is 0 Å². The molecule has 1 nitrogen and oxygen atoms in total. The third-order valence-electron chi connectivity index (χ3n) is 1.57. The molecule has 82 valence electrons. The second-order valence-electron chi connectivity index (χ2n) is 2.84. The van der Waals surface area contributed by atoms with Gasteiger partial charge in [-0.3, -0.25) is 0 Å². The molecule has 16 heavy (non-hydrogen) atoms. The van der Waals surface area contributed by atoms with Crippen LogP contribution in [0.3, 0.4) is 0 Å². The Morgan fingerprint density at radius 3 is 2.50 bits per heavy atom. The maximum Gasteiger partial charge on any atom is 1.00 e. The molecule has 0 radical (unpaired) electrons. The van der Waals surface area contributed by atoms with Crippen LogP contribution in [0, 0.1) is 0 Å². The largest absolute Gasteiger partial charge is 1.00 e. The van der Waals surface area contributed by atoms with Gasteiger partial charge in [-0.05, 0) is 17.9 Å². The average Bonchev–Trinajstić information content (AvgIpc) is 2.15. The van der Waals surface area contributed by atoms with Crippen molar-refractivity contribution in [2.45, 2.75) is 5.03 Å². The number of rotatable bonds is 4. The molecule has 0 bridgehead atoms. The SMILES string of the molecule is C=C(CSc1ccc(Cl)cn1)[B-](F)(F)F.[K+]. The quantitative estimate of drug-likeness (QED) is 0.600. The molecule has 0 saturated carbocycles. The molecule has 0 unspecified atom stereocenters. The molecule has 1 aromatic rings. The predicted molar refractivity (Wildman–Crippen MR) is 58.2 cm³/mol. The van der Waals surface area contributed by atoms with Crippen molar-refractivity contribution in [2.24, 2.45) is 0 Å². The van der Waals surface area contributed by atoms with Crippen molar-refractivity contribution in [3.63, 3.8) is 0 Å². The number of hydrogen-bond donors (Lipinski definition) is 0. The van der Waals surface area contributed by atoms with Crippen LogP contribution in [0.25, 0.3) is 0 Å².